The molecule has 0 saturated heterocycles. The van der Waals surface area contributed by atoms with Gasteiger partial charge in [0.05, 0.1) is 0 Å². The van der Waals surface area contributed by atoms with Crippen molar-refractivity contribution in [2.75, 3.05) is 5.32 Å². The van der Waals surface area contributed by atoms with E-state index < -0.39 is 0 Å². The summed E-state index contributed by atoms with van der Waals surface area (Å²) in [5, 5.41) is 2.72. The first-order valence-electron chi connectivity index (χ1n) is 4.26. The third-order valence-corrected chi connectivity index (χ3v) is 2.41. The normalized spacial score (nSPS) is 15.1. The number of hydrogen-bond donors (Lipinski definition) is 1. The summed E-state index contributed by atoms with van der Waals surface area (Å²) in [4.78, 5) is 11.0. The SMILES string of the molecule is Cc1c(F)ccc2c1CCC(=O)N2. The fourth-order valence-corrected chi connectivity index (χ4v) is 1.62. The Kier molecular flexibility index (Phi) is 1.79. The van der Waals surface area contributed by atoms with Crippen molar-refractivity contribution in [3.8, 4) is 0 Å². The van der Waals surface area contributed by atoms with Gasteiger partial charge in [-0.25, -0.2) is 4.39 Å². The minimum absolute atomic E-state index is 0.0125. The number of halogens is 1. The van der Waals surface area contributed by atoms with Crippen LogP contribution in [-0.4, -0.2) is 5.91 Å². The minimum atomic E-state index is -0.199. The highest BCUT2D eigenvalue weighted by atomic mass is 19.1. The maximum Gasteiger partial charge on any atom is 0.224 e. The van der Waals surface area contributed by atoms with E-state index in [9.17, 15) is 9.18 Å². The number of amides is 1. The number of carbonyl (C=O) groups is 1. The van der Waals surface area contributed by atoms with Crippen molar-refractivity contribution in [2.24, 2.45) is 0 Å². The summed E-state index contributed by atoms with van der Waals surface area (Å²) < 4.78 is 13.1. The Morgan fingerprint density at radius 1 is 1.38 bits per heavy atom. The number of anilines is 1. The summed E-state index contributed by atoms with van der Waals surface area (Å²) in [6, 6.07) is 3.01. The molecule has 1 N–H and O–H groups in total. The van der Waals surface area contributed by atoms with E-state index in [0.29, 0.717) is 18.4 Å². The average Bonchev–Trinajstić information content (AvgIpc) is 2.12. The summed E-state index contributed by atoms with van der Waals surface area (Å²) in [7, 11) is 0. The molecule has 1 aliphatic heterocycles. The number of benzene rings is 1. The number of hydrogen-bond acceptors (Lipinski definition) is 1. The molecule has 0 atom stereocenters. The van der Waals surface area contributed by atoms with Gasteiger partial charge >= 0.3 is 0 Å². The molecule has 1 amide bonds. The fourth-order valence-electron chi connectivity index (χ4n) is 1.62. The Labute approximate surface area is 75.8 Å². The van der Waals surface area contributed by atoms with Gasteiger partial charge in [-0.15, -0.1) is 0 Å². The first kappa shape index (κ1) is 8.23. The van der Waals surface area contributed by atoms with Crippen LogP contribution in [0.3, 0.4) is 0 Å². The van der Waals surface area contributed by atoms with Crippen LogP contribution in [0.25, 0.3) is 0 Å². The Bertz CT molecular complexity index is 373. The van der Waals surface area contributed by atoms with Crippen molar-refractivity contribution in [3.63, 3.8) is 0 Å². The van der Waals surface area contributed by atoms with Crippen LogP contribution < -0.4 is 5.32 Å². The fraction of sp³-hybridized carbons (Fsp3) is 0.300. The molecule has 0 saturated carbocycles. The molecule has 1 heterocycles. The van der Waals surface area contributed by atoms with E-state index in [1.807, 2.05) is 0 Å². The monoisotopic (exact) mass is 179 g/mol. The van der Waals surface area contributed by atoms with Crippen LogP contribution in [0.2, 0.25) is 0 Å². The van der Waals surface area contributed by atoms with Crippen molar-refractivity contribution < 1.29 is 9.18 Å². The Balaban J connectivity index is 2.53. The maximum absolute atomic E-state index is 13.1. The Morgan fingerprint density at radius 2 is 2.15 bits per heavy atom. The predicted molar refractivity (Wildman–Crippen MR) is 48.1 cm³/mol. The molecule has 3 heteroatoms. The Hall–Kier alpha value is -1.38. The highest BCUT2D eigenvalue weighted by Gasteiger charge is 2.17. The van der Waals surface area contributed by atoms with Crippen molar-refractivity contribution in [1.29, 1.82) is 0 Å². The van der Waals surface area contributed by atoms with E-state index in [0.717, 1.165) is 11.3 Å². The smallest absolute Gasteiger partial charge is 0.224 e. The molecule has 68 valence electrons. The largest absolute Gasteiger partial charge is 0.326 e. The van der Waals surface area contributed by atoms with Gasteiger partial charge in [-0.3, -0.25) is 4.79 Å². The predicted octanol–water partition coefficient (Wildman–Crippen LogP) is 2.02. The highest BCUT2D eigenvalue weighted by Crippen LogP contribution is 2.26. The molecule has 0 fully saturated rings. The second-order valence-electron chi connectivity index (χ2n) is 3.25. The van der Waals surface area contributed by atoms with E-state index >= 15 is 0 Å². The van der Waals surface area contributed by atoms with Gasteiger partial charge in [-0.1, -0.05) is 0 Å². The van der Waals surface area contributed by atoms with Crippen LogP contribution in [-0.2, 0) is 11.2 Å². The van der Waals surface area contributed by atoms with Crippen molar-refractivity contribution in [2.45, 2.75) is 19.8 Å². The molecule has 0 aromatic heterocycles. The quantitative estimate of drug-likeness (QED) is 0.648. The molecule has 1 aromatic rings. The van der Waals surface area contributed by atoms with Crippen LogP contribution in [0.4, 0.5) is 10.1 Å². The summed E-state index contributed by atoms with van der Waals surface area (Å²) in [5.74, 6) is -0.187. The van der Waals surface area contributed by atoms with Crippen molar-refractivity contribution >= 4 is 11.6 Å². The van der Waals surface area contributed by atoms with E-state index in [4.69, 9.17) is 0 Å². The molecule has 0 bridgehead atoms. The number of fused-ring (bicyclic) bond motifs is 1. The van der Waals surface area contributed by atoms with Gasteiger partial charge in [0.15, 0.2) is 0 Å². The first-order chi connectivity index (χ1) is 6.18. The van der Waals surface area contributed by atoms with E-state index in [2.05, 4.69) is 5.32 Å². The third kappa shape index (κ3) is 1.30. The van der Waals surface area contributed by atoms with Gasteiger partial charge < -0.3 is 5.32 Å². The molecule has 0 radical (unpaired) electrons. The first-order valence-corrected chi connectivity index (χ1v) is 4.26. The zero-order valence-corrected chi connectivity index (χ0v) is 7.36. The van der Waals surface area contributed by atoms with Gasteiger partial charge in [0.1, 0.15) is 5.82 Å². The van der Waals surface area contributed by atoms with E-state index in [1.54, 1.807) is 13.0 Å². The lowest BCUT2D eigenvalue weighted by Crippen LogP contribution is -2.19. The zero-order valence-electron chi connectivity index (χ0n) is 7.36. The second-order valence-corrected chi connectivity index (χ2v) is 3.25. The van der Waals surface area contributed by atoms with Crippen molar-refractivity contribution in [1.82, 2.24) is 0 Å². The molecule has 1 aromatic carbocycles. The zero-order chi connectivity index (χ0) is 9.42. The lowest BCUT2D eigenvalue weighted by Gasteiger charge is -2.18. The lowest BCUT2D eigenvalue weighted by atomic mass is 9.98. The maximum atomic E-state index is 13.1. The van der Waals surface area contributed by atoms with Crippen LogP contribution in [0.15, 0.2) is 12.1 Å². The van der Waals surface area contributed by atoms with E-state index in [-0.39, 0.29) is 11.7 Å². The standard InChI is InChI=1S/C10H10FNO/c1-6-7-2-5-10(13)12-9(7)4-3-8(6)11/h3-4H,2,5H2,1H3,(H,12,13). The van der Waals surface area contributed by atoms with Crippen LogP contribution >= 0.6 is 0 Å². The molecule has 1 aliphatic rings. The van der Waals surface area contributed by atoms with Crippen molar-refractivity contribution in [3.05, 3.63) is 29.1 Å². The number of rotatable bonds is 0. The molecule has 0 aliphatic carbocycles. The summed E-state index contributed by atoms with van der Waals surface area (Å²) in [6.07, 6.45) is 1.10. The lowest BCUT2D eigenvalue weighted by molar-refractivity contribution is -0.116. The summed E-state index contributed by atoms with van der Waals surface area (Å²) >= 11 is 0. The van der Waals surface area contributed by atoms with Gasteiger partial charge in [0.25, 0.3) is 0 Å². The molecular weight excluding hydrogens is 169 g/mol. The van der Waals surface area contributed by atoms with Crippen LogP contribution in [0.5, 0.6) is 0 Å². The molecule has 0 unspecified atom stereocenters. The second kappa shape index (κ2) is 2.83. The van der Waals surface area contributed by atoms with Crippen LogP contribution in [0.1, 0.15) is 17.5 Å². The third-order valence-electron chi connectivity index (χ3n) is 2.41. The highest BCUT2D eigenvalue weighted by molar-refractivity contribution is 5.94. The molecule has 0 spiro atoms. The average molecular weight is 179 g/mol. The van der Waals surface area contributed by atoms with Gasteiger partial charge in [0, 0.05) is 12.1 Å². The molecule has 2 rings (SSSR count). The summed E-state index contributed by atoms with van der Waals surface area (Å²) in [5.41, 5.74) is 2.34. The molecular formula is C10H10FNO. The summed E-state index contributed by atoms with van der Waals surface area (Å²) in [6.45, 7) is 1.74. The molecule has 13 heavy (non-hydrogen) atoms. The minimum Gasteiger partial charge on any atom is -0.326 e. The molecule has 2 nitrogen and oxygen atoms in total. The van der Waals surface area contributed by atoms with Gasteiger partial charge in [0.2, 0.25) is 5.91 Å². The number of carbonyl (C=O) groups excluding carboxylic acids is 1. The van der Waals surface area contributed by atoms with Gasteiger partial charge in [-0.2, -0.15) is 0 Å². The van der Waals surface area contributed by atoms with E-state index in [1.165, 1.54) is 6.07 Å². The van der Waals surface area contributed by atoms with Gasteiger partial charge in [-0.05, 0) is 36.6 Å². The Morgan fingerprint density at radius 3 is 2.92 bits per heavy atom. The topological polar surface area (TPSA) is 29.1 Å². The number of nitrogens with one attached hydrogen (secondary N) is 1. The van der Waals surface area contributed by atoms with Crippen LogP contribution in [0, 0.1) is 12.7 Å².